The minimum Gasteiger partial charge on any atom is -0.489 e. The Morgan fingerprint density at radius 2 is 1.97 bits per heavy atom. The molecule has 5 rings (SSSR count). The molecular weight excluding hydrogens is 416 g/mol. The lowest BCUT2D eigenvalue weighted by Gasteiger charge is -2.23. The standard InChI is InChI=1S/C26H24N4O3/c27-15-20-12-17(3-4-24(20)33-21-6-10-32-11-7-21)18-5-9-29-25(13-18)30-26(31)23-14-22(23)19-2-1-8-28-16-19/h1-5,8-9,12-13,16,21-23H,6-7,10-11,14H2,(H,29,30,31)/t22-,23+/m1/s1. The highest BCUT2D eigenvalue weighted by Crippen LogP contribution is 2.47. The van der Waals surface area contributed by atoms with E-state index < -0.39 is 0 Å². The lowest BCUT2D eigenvalue weighted by Crippen LogP contribution is -2.26. The van der Waals surface area contributed by atoms with Gasteiger partial charge in [0.25, 0.3) is 0 Å². The number of carbonyl (C=O) groups is 1. The van der Waals surface area contributed by atoms with Gasteiger partial charge in [-0.2, -0.15) is 5.26 Å². The smallest absolute Gasteiger partial charge is 0.229 e. The Morgan fingerprint density at radius 3 is 2.76 bits per heavy atom. The van der Waals surface area contributed by atoms with Crippen LogP contribution in [-0.4, -0.2) is 35.2 Å². The predicted octanol–water partition coefficient (Wildman–Crippen LogP) is 4.32. The fraction of sp³-hybridized carbons (Fsp3) is 0.308. The monoisotopic (exact) mass is 440 g/mol. The Morgan fingerprint density at radius 1 is 1.12 bits per heavy atom. The van der Waals surface area contributed by atoms with E-state index in [0.717, 1.165) is 36.0 Å². The van der Waals surface area contributed by atoms with E-state index in [9.17, 15) is 10.1 Å². The number of pyridine rings is 2. The van der Waals surface area contributed by atoms with Crippen LogP contribution in [0.25, 0.3) is 11.1 Å². The van der Waals surface area contributed by atoms with E-state index in [1.807, 2.05) is 48.7 Å². The van der Waals surface area contributed by atoms with E-state index in [1.54, 1.807) is 12.4 Å². The summed E-state index contributed by atoms with van der Waals surface area (Å²) in [6.07, 6.45) is 7.74. The van der Waals surface area contributed by atoms with Crippen molar-refractivity contribution < 1.29 is 14.3 Å². The number of benzene rings is 1. The second-order valence-electron chi connectivity index (χ2n) is 8.41. The summed E-state index contributed by atoms with van der Waals surface area (Å²) in [6.45, 7) is 1.36. The highest BCUT2D eigenvalue weighted by atomic mass is 16.5. The highest BCUT2D eigenvalue weighted by Gasteiger charge is 2.44. The Balaban J connectivity index is 1.28. The molecule has 1 aliphatic carbocycles. The number of amides is 1. The van der Waals surface area contributed by atoms with Gasteiger partial charge in [-0.25, -0.2) is 4.98 Å². The van der Waals surface area contributed by atoms with E-state index in [-0.39, 0.29) is 23.8 Å². The molecule has 2 aromatic heterocycles. The zero-order valence-corrected chi connectivity index (χ0v) is 18.1. The number of ether oxygens (including phenoxy) is 2. The average Bonchev–Trinajstić information content (AvgIpc) is 3.67. The van der Waals surface area contributed by atoms with Crippen molar-refractivity contribution in [1.82, 2.24) is 9.97 Å². The van der Waals surface area contributed by atoms with E-state index in [0.29, 0.717) is 30.3 Å². The Bertz CT molecular complexity index is 1190. The predicted molar refractivity (Wildman–Crippen MR) is 123 cm³/mol. The number of aromatic nitrogens is 2. The molecule has 3 aromatic rings. The zero-order chi connectivity index (χ0) is 22.6. The van der Waals surface area contributed by atoms with Gasteiger partial charge in [0.1, 0.15) is 23.7 Å². The summed E-state index contributed by atoms with van der Waals surface area (Å²) < 4.78 is 11.4. The minimum absolute atomic E-state index is 0.0357. The summed E-state index contributed by atoms with van der Waals surface area (Å²) in [5.74, 6) is 1.20. The number of hydrogen-bond donors (Lipinski definition) is 1. The summed E-state index contributed by atoms with van der Waals surface area (Å²) in [7, 11) is 0. The molecule has 0 spiro atoms. The third-order valence-electron chi connectivity index (χ3n) is 6.15. The van der Waals surface area contributed by atoms with Gasteiger partial charge in [0.05, 0.1) is 18.8 Å². The number of hydrogen-bond acceptors (Lipinski definition) is 6. The van der Waals surface area contributed by atoms with E-state index in [2.05, 4.69) is 21.4 Å². The van der Waals surface area contributed by atoms with Crippen molar-refractivity contribution in [2.24, 2.45) is 5.92 Å². The molecule has 166 valence electrons. The molecule has 1 aromatic carbocycles. The minimum atomic E-state index is -0.0635. The molecule has 2 aliphatic rings. The maximum absolute atomic E-state index is 12.7. The molecule has 1 amide bonds. The van der Waals surface area contributed by atoms with Crippen molar-refractivity contribution in [1.29, 1.82) is 5.26 Å². The van der Waals surface area contributed by atoms with Gasteiger partial charge in [0.2, 0.25) is 5.91 Å². The largest absolute Gasteiger partial charge is 0.489 e. The number of nitrogens with one attached hydrogen (secondary N) is 1. The number of nitrogens with zero attached hydrogens (tertiary/aromatic N) is 3. The first kappa shape index (κ1) is 21.1. The molecule has 1 saturated heterocycles. The Hall–Kier alpha value is -3.76. The maximum Gasteiger partial charge on any atom is 0.229 e. The molecular formula is C26H24N4O3. The molecule has 2 fully saturated rings. The second kappa shape index (κ2) is 9.39. The van der Waals surface area contributed by atoms with Crippen molar-refractivity contribution in [2.75, 3.05) is 18.5 Å². The van der Waals surface area contributed by atoms with Crippen LogP contribution in [0.4, 0.5) is 5.82 Å². The maximum atomic E-state index is 12.7. The first-order chi connectivity index (χ1) is 16.2. The van der Waals surface area contributed by atoms with Crippen LogP contribution in [0.3, 0.4) is 0 Å². The first-order valence-electron chi connectivity index (χ1n) is 11.2. The van der Waals surface area contributed by atoms with Gasteiger partial charge >= 0.3 is 0 Å². The molecule has 7 nitrogen and oxygen atoms in total. The molecule has 3 heterocycles. The van der Waals surface area contributed by atoms with Gasteiger partial charge in [0.15, 0.2) is 0 Å². The van der Waals surface area contributed by atoms with Gasteiger partial charge in [-0.15, -0.1) is 0 Å². The molecule has 33 heavy (non-hydrogen) atoms. The van der Waals surface area contributed by atoms with Crippen molar-refractivity contribution in [3.8, 4) is 22.9 Å². The lowest BCUT2D eigenvalue weighted by atomic mass is 10.0. The molecule has 0 bridgehead atoms. The summed E-state index contributed by atoms with van der Waals surface area (Å²) >= 11 is 0. The van der Waals surface area contributed by atoms with Crippen molar-refractivity contribution in [2.45, 2.75) is 31.3 Å². The fourth-order valence-corrected chi connectivity index (χ4v) is 4.22. The molecule has 2 atom stereocenters. The van der Waals surface area contributed by atoms with Crippen LogP contribution in [0.5, 0.6) is 5.75 Å². The average molecular weight is 441 g/mol. The summed E-state index contributed by atoms with van der Waals surface area (Å²) in [4.78, 5) is 21.1. The summed E-state index contributed by atoms with van der Waals surface area (Å²) in [5, 5.41) is 12.6. The number of carbonyl (C=O) groups excluding carboxylic acids is 1. The number of nitriles is 1. The third-order valence-corrected chi connectivity index (χ3v) is 6.15. The zero-order valence-electron chi connectivity index (χ0n) is 18.1. The molecule has 0 radical (unpaired) electrons. The van der Waals surface area contributed by atoms with Gasteiger partial charge < -0.3 is 14.8 Å². The SMILES string of the molecule is N#Cc1cc(-c2ccnc(NC(=O)[C@H]3C[C@@H]3c3cccnc3)c2)ccc1OC1CCOCC1. The molecule has 0 unspecified atom stereocenters. The van der Waals surface area contributed by atoms with Gasteiger partial charge in [0, 0.05) is 37.4 Å². The highest BCUT2D eigenvalue weighted by molar-refractivity contribution is 5.95. The summed E-state index contributed by atoms with van der Waals surface area (Å²) in [6, 6.07) is 15.4. The lowest BCUT2D eigenvalue weighted by molar-refractivity contribution is -0.117. The van der Waals surface area contributed by atoms with Crippen LogP contribution in [0.2, 0.25) is 0 Å². The second-order valence-corrected chi connectivity index (χ2v) is 8.41. The first-order valence-corrected chi connectivity index (χ1v) is 11.2. The van der Waals surface area contributed by atoms with Crippen LogP contribution < -0.4 is 10.1 Å². The topological polar surface area (TPSA) is 97.1 Å². The Labute approximate surface area is 192 Å². The molecule has 7 heteroatoms. The van der Waals surface area contributed by atoms with E-state index in [4.69, 9.17) is 9.47 Å². The number of anilines is 1. The third kappa shape index (κ3) is 4.86. The quantitative estimate of drug-likeness (QED) is 0.613. The van der Waals surface area contributed by atoms with Gasteiger partial charge in [-0.1, -0.05) is 12.1 Å². The van der Waals surface area contributed by atoms with Crippen LogP contribution in [0.15, 0.2) is 61.1 Å². The van der Waals surface area contributed by atoms with Crippen molar-refractivity contribution in [3.63, 3.8) is 0 Å². The Kier molecular flexibility index (Phi) is 6.01. The normalized spacial score (nSPS) is 20.0. The van der Waals surface area contributed by atoms with Crippen LogP contribution in [0, 0.1) is 17.2 Å². The van der Waals surface area contributed by atoms with Crippen molar-refractivity contribution >= 4 is 11.7 Å². The van der Waals surface area contributed by atoms with Crippen LogP contribution in [0.1, 0.15) is 36.3 Å². The van der Waals surface area contributed by atoms with Crippen molar-refractivity contribution in [3.05, 3.63) is 72.2 Å². The van der Waals surface area contributed by atoms with Gasteiger partial charge in [-0.3, -0.25) is 9.78 Å². The van der Waals surface area contributed by atoms with Gasteiger partial charge in [-0.05, 0) is 59.4 Å². The van der Waals surface area contributed by atoms with E-state index >= 15 is 0 Å². The molecule has 1 N–H and O–H groups in total. The van der Waals surface area contributed by atoms with Crippen LogP contribution in [-0.2, 0) is 9.53 Å². The molecule has 1 saturated carbocycles. The number of rotatable bonds is 6. The molecule has 1 aliphatic heterocycles. The van der Waals surface area contributed by atoms with E-state index in [1.165, 1.54) is 0 Å². The fourth-order valence-electron chi connectivity index (χ4n) is 4.22. The summed E-state index contributed by atoms with van der Waals surface area (Å²) in [5.41, 5.74) is 3.31. The van der Waals surface area contributed by atoms with Crippen LogP contribution >= 0.6 is 0 Å².